The maximum absolute atomic E-state index is 12.7. The molecular weight excluding hydrogens is 281 g/mol. The first-order valence-corrected chi connectivity index (χ1v) is 6.52. The first-order valence-electron chi connectivity index (χ1n) is 6.52. The second-order valence-electron chi connectivity index (χ2n) is 5.83. The van der Waals surface area contributed by atoms with Crippen molar-refractivity contribution in [1.82, 2.24) is 10.3 Å². The summed E-state index contributed by atoms with van der Waals surface area (Å²) >= 11 is 0. The van der Waals surface area contributed by atoms with Gasteiger partial charge >= 0.3 is 6.18 Å². The van der Waals surface area contributed by atoms with Crippen molar-refractivity contribution < 1.29 is 17.6 Å². The summed E-state index contributed by atoms with van der Waals surface area (Å²) < 4.78 is 43.3. The van der Waals surface area contributed by atoms with Crippen molar-refractivity contribution in [3.05, 3.63) is 41.8 Å². The molecule has 0 saturated carbocycles. The van der Waals surface area contributed by atoms with E-state index in [9.17, 15) is 13.2 Å². The van der Waals surface area contributed by atoms with Crippen LogP contribution in [0.15, 0.2) is 34.9 Å². The zero-order chi connectivity index (χ0) is 15.7. The van der Waals surface area contributed by atoms with E-state index in [2.05, 4.69) is 10.3 Å². The summed E-state index contributed by atoms with van der Waals surface area (Å²) in [6, 6.07) is 4.94. The lowest BCUT2D eigenvalue weighted by molar-refractivity contribution is -0.137. The Kier molecular flexibility index (Phi) is 4.09. The third-order valence-electron chi connectivity index (χ3n) is 2.79. The maximum Gasteiger partial charge on any atom is 0.416 e. The molecule has 0 fully saturated rings. The second kappa shape index (κ2) is 5.52. The van der Waals surface area contributed by atoms with Crippen molar-refractivity contribution in [2.24, 2.45) is 0 Å². The average molecular weight is 298 g/mol. The molecule has 0 spiro atoms. The van der Waals surface area contributed by atoms with Crippen molar-refractivity contribution in [3.63, 3.8) is 0 Å². The van der Waals surface area contributed by atoms with Crippen LogP contribution in [0.3, 0.4) is 0 Å². The highest BCUT2D eigenvalue weighted by Gasteiger charge is 2.30. The quantitative estimate of drug-likeness (QED) is 0.920. The van der Waals surface area contributed by atoms with E-state index >= 15 is 0 Å². The van der Waals surface area contributed by atoms with E-state index < -0.39 is 11.7 Å². The van der Waals surface area contributed by atoms with Crippen molar-refractivity contribution in [2.75, 3.05) is 0 Å². The molecule has 2 aromatic rings. The van der Waals surface area contributed by atoms with Crippen LogP contribution in [0, 0.1) is 0 Å². The molecule has 0 saturated heterocycles. The lowest BCUT2D eigenvalue weighted by Gasteiger charge is -2.19. The van der Waals surface area contributed by atoms with Gasteiger partial charge in [0.05, 0.1) is 11.3 Å². The molecule has 0 bridgehead atoms. The van der Waals surface area contributed by atoms with Crippen LogP contribution in [0.5, 0.6) is 0 Å². The Bertz CT molecular complexity index is 612. The highest BCUT2D eigenvalue weighted by molar-refractivity contribution is 5.54. The molecule has 6 heteroatoms. The molecule has 1 aromatic heterocycles. The van der Waals surface area contributed by atoms with Crippen molar-refractivity contribution >= 4 is 0 Å². The number of benzene rings is 1. The normalized spacial score (nSPS) is 12.7. The van der Waals surface area contributed by atoms with Gasteiger partial charge in [-0.1, -0.05) is 6.07 Å². The fourth-order valence-electron chi connectivity index (χ4n) is 1.71. The van der Waals surface area contributed by atoms with Crippen LogP contribution < -0.4 is 5.32 Å². The number of aromatic nitrogens is 1. The maximum atomic E-state index is 12.7. The molecule has 0 aliphatic rings. The molecule has 0 aliphatic carbocycles. The van der Waals surface area contributed by atoms with Crippen LogP contribution in [0.2, 0.25) is 0 Å². The van der Waals surface area contributed by atoms with Crippen molar-refractivity contribution in [3.8, 4) is 11.5 Å². The Morgan fingerprint density at radius 3 is 2.52 bits per heavy atom. The number of nitrogens with zero attached hydrogens (tertiary/aromatic N) is 1. The molecule has 0 radical (unpaired) electrons. The zero-order valence-electron chi connectivity index (χ0n) is 12.1. The van der Waals surface area contributed by atoms with Gasteiger partial charge in [0, 0.05) is 17.6 Å². The molecule has 0 amide bonds. The first kappa shape index (κ1) is 15.6. The molecular formula is C15H17F3N2O. The summed E-state index contributed by atoms with van der Waals surface area (Å²) in [4.78, 5) is 4.21. The fourth-order valence-corrected chi connectivity index (χ4v) is 1.71. The molecule has 0 atom stereocenters. The number of hydrogen-bond acceptors (Lipinski definition) is 3. The average Bonchev–Trinajstić information content (AvgIpc) is 2.83. The first-order chi connectivity index (χ1) is 9.65. The topological polar surface area (TPSA) is 38.1 Å². The van der Waals surface area contributed by atoms with Crippen LogP contribution in [0.4, 0.5) is 13.2 Å². The Balaban J connectivity index is 2.18. The van der Waals surface area contributed by atoms with Gasteiger partial charge in [0.1, 0.15) is 6.26 Å². The SMILES string of the molecule is CC(C)(C)NCc1coc(-c2cccc(C(F)(F)F)c2)n1. The summed E-state index contributed by atoms with van der Waals surface area (Å²) in [6.45, 7) is 6.54. The number of nitrogens with one attached hydrogen (secondary N) is 1. The molecule has 0 unspecified atom stereocenters. The molecule has 1 N–H and O–H groups in total. The van der Waals surface area contributed by atoms with Crippen LogP contribution in [0.1, 0.15) is 32.0 Å². The monoisotopic (exact) mass is 298 g/mol. The number of halogens is 3. The van der Waals surface area contributed by atoms with Gasteiger partial charge in [-0.2, -0.15) is 13.2 Å². The van der Waals surface area contributed by atoms with Gasteiger partial charge in [-0.25, -0.2) is 4.98 Å². The molecule has 1 heterocycles. The summed E-state index contributed by atoms with van der Waals surface area (Å²) in [5, 5.41) is 3.24. The van der Waals surface area contributed by atoms with E-state index in [4.69, 9.17) is 4.42 Å². The Morgan fingerprint density at radius 2 is 1.90 bits per heavy atom. The van der Waals surface area contributed by atoms with E-state index in [1.165, 1.54) is 12.3 Å². The third-order valence-corrected chi connectivity index (χ3v) is 2.79. The van der Waals surface area contributed by atoms with Crippen LogP contribution >= 0.6 is 0 Å². The van der Waals surface area contributed by atoms with Crippen LogP contribution in [-0.2, 0) is 12.7 Å². The minimum atomic E-state index is -4.38. The molecule has 21 heavy (non-hydrogen) atoms. The zero-order valence-corrected chi connectivity index (χ0v) is 12.1. The van der Waals surface area contributed by atoms with Crippen molar-refractivity contribution in [1.29, 1.82) is 0 Å². The minimum absolute atomic E-state index is 0.0741. The van der Waals surface area contributed by atoms with Gasteiger partial charge in [0.2, 0.25) is 5.89 Å². The van der Waals surface area contributed by atoms with E-state index in [-0.39, 0.29) is 11.4 Å². The van der Waals surface area contributed by atoms with Gasteiger partial charge in [0.15, 0.2) is 0 Å². The van der Waals surface area contributed by atoms with Gasteiger partial charge in [-0.15, -0.1) is 0 Å². The largest absolute Gasteiger partial charge is 0.444 e. The Hall–Kier alpha value is -1.82. The summed E-state index contributed by atoms with van der Waals surface area (Å²) in [6.07, 6.45) is -2.92. The standard InChI is InChI=1S/C15H17F3N2O/c1-14(2,3)19-8-12-9-21-13(20-12)10-5-4-6-11(7-10)15(16,17)18/h4-7,9,19H,8H2,1-3H3. The summed E-state index contributed by atoms with van der Waals surface area (Å²) in [5.41, 5.74) is 0.173. The fraction of sp³-hybridized carbons (Fsp3) is 0.400. The van der Waals surface area contributed by atoms with Crippen LogP contribution in [-0.4, -0.2) is 10.5 Å². The molecule has 2 rings (SSSR count). The Labute approximate surface area is 121 Å². The minimum Gasteiger partial charge on any atom is -0.444 e. The molecule has 114 valence electrons. The van der Waals surface area contributed by atoms with Gasteiger partial charge in [0.25, 0.3) is 0 Å². The second-order valence-corrected chi connectivity index (χ2v) is 5.83. The van der Waals surface area contributed by atoms with Crippen molar-refractivity contribution in [2.45, 2.75) is 39.0 Å². The predicted octanol–water partition coefficient (Wildman–Crippen LogP) is 4.25. The lowest BCUT2D eigenvalue weighted by atomic mass is 10.1. The highest BCUT2D eigenvalue weighted by Crippen LogP contribution is 2.31. The lowest BCUT2D eigenvalue weighted by Crippen LogP contribution is -2.35. The number of alkyl halides is 3. The number of rotatable bonds is 3. The molecule has 1 aromatic carbocycles. The number of hydrogen-bond donors (Lipinski definition) is 1. The van der Waals surface area contributed by atoms with Gasteiger partial charge in [-0.3, -0.25) is 0 Å². The number of oxazole rings is 1. The smallest absolute Gasteiger partial charge is 0.416 e. The Morgan fingerprint density at radius 1 is 1.19 bits per heavy atom. The highest BCUT2D eigenvalue weighted by atomic mass is 19.4. The van der Waals surface area contributed by atoms with E-state index in [0.717, 1.165) is 12.1 Å². The van der Waals surface area contributed by atoms with Crippen LogP contribution in [0.25, 0.3) is 11.5 Å². The van der Waals surface area contributed by atoms with Gasteiger partial charge < -0.3 is 9.73 Å². The molecule has 3 nitrogen and oxygen atoms in total. The van der Waals surface area contributed by atoms with E-state index in [1.807, 2.05) is 20.8 Å². The molecule has 0 aliphatic heterocycles. The van der Waals surface area contributed by atoms with Gasteiger partial charge in [-0.05, 0) is 39.0 Å². The summed E-state index contributed by atoms with van der Waals surface area (Å²) in [7, 11) is 0. The van der Waals surface area contributed by atoms with E-state index in [1.54, 1.807) is 6.07 Å². The van der Waals surface area contributed by atoms with E-state index in [0.29, 0.717) is 17.8 Å². The predicted molar refractivity (Wildman–Crippen MR) is 73.5 cm³/mol. The summed E-state index contributed by atoms with van der Waals surface area (Å²) in [5.74, 6) is 0.187. The third kappa shape index (κ3) is 4.32.